The molecule has 3 rings (SSSR count). The van der Waals surface area contributed by atoms with E-state index in [2.05, 4.69) is 20.9 Å². The number of hydrogen-bond acceptors (Lipinski definition) is 3. The monoisotopic (exact) mass is 540 g/mol. The number of rotatable bonds is 8. The first-order chi connectivity index (χ1) is 14.4. The molecule has 1 saturated carbocycles. The van der Waals surface area contributed by atoms with E-state index in [4.69, 9.17) is 4.74 Å². The second-order valence-electron chi connectivity index (χ2n) is 7.62. The third-order valence-corrected chi connectivity index (χ3v) is 4.91. The molecule has 31 heavy (non-hydrogen) atoms. The summed E-state index contributed by atoms with van der Waals surface area (Å²) in [5, 5.41) is 9.28. The van der Waals surface area contributed by atoms with Crippen molar-refractivity contribution >= 4 is 41.5 Å². The molecule has 1 unspecified atom stereocenters. The number of benzene rings is 2. The van der Waals surface area contributed by atoms with Gasteiger partial charge in [-0.25, -0.2) is 4.39 Å². The summed E-state index contributed by atoms with van der Waals surface area (Å²) >= 11 is 0. The zero-order valence-corrected chi connectivity index (χ0v) is 20.4. The molecule has 2 aromatic rings. The van der Waals surface area contributed by atoms with Crippen LogP contribution in [0.15, 0.2) is 47.5 Å². The molecule has 1 atom stereocenters. The Labute approximate surface area is 200 Å². The average Bonchev–Trinajstić information content (AvgIpc) is 3.54. The second-order valence-corrected chi connectivity index (χ2v) is 7.62. The summed E-state index contributed by atoms with van der Waals surface area (Å²) in [7, 11) is 1.69. The van der Waals surface area contributed by atoms with Gasteiger partial charge in [0.1, 0.15) is 0 Å². The quantitative estimate of drug-likeness (QED) is 0.260. The molecule has 0 aliphatic heterocycles. The summed E-state index contributed by atoms with van der Waals surface area (Å²) in [6.07, 6.45) is 2.34. The van der Waals surface area contributed by atoms with Crippen LogP contribution in [0.2, 0.25) is 0 Å². The van der Waals surface area contributed by atoms with Gasteiger partial charge in [-0.15, -0.1) is 24.0 Å². The molecule has 2 aromatic carbocycles. The van der Waals surface area contributed by atoms with E-state index in [0.717, 1.165) is 16.8 Å². The lowest BCUT2D eigenvalue weighted by Crippen LogP contribution is -2.38. The molecule has 0 aromatic heterocycles. The van der Waals surface area contributed by atoms with Crippen molar-refractivity contribution in [2.45, 2.75) is 39.3 Å². The van der Waals surface area contributed by atoms with E-state index >= 15 is 0 Å². The molecule has 1 fully saturated rings. The van der Waals surface area contributed by atoms with Crippen molar-refractivity contribution in [2.75, 3.05) is 19.0 Å². The predicted molar refractivity (Wildman–Crippen MR) is 133 cm³/mol. The van der Waals surface area contributed by atoms with Gasteiger partial charge in [0.15, 0.2) is 17.5 Å². The van der Waals surface area contributed by atoms with Crippen LogP contribution < -0.4 is 20.7 Å². The molecular formula is C23H30FIN4O2. The van der Waals surface area contributed by atoms with Gasteiger partial charge in [-0.05, 0) is 61.1 Å². The fraction of sp³-hybridized carbons (Fsp3) is 0.391. The number of halogens is 2. The molecule has 0 radical (unpaired) electrons. The van der Waals surface area contributed by atoms with Crippen molar-refractivity contribution < 1.29 is 13.9 Å². The van der Waals surface area contributed by atoms with Crippen LogP contribution in [0.1, 0.15) is 43.9 Å². The molecule has 8 heteroatoms. The van der Waals surface area contributed by atoms with Crippen LogP contribution in [0.5, 0.6) is 5.75 Å². The largest absolute Gasteiger partial charge is 0.490 e. The van der Waals surface area contributed by atoms with E-state index in [1.165, 1.54) is 25.8 Å². The Morgan fingerprint density at radius 3 is 2.68 bits per heavy atom. The number of hydrogen-bond donors (Lipinski definition) is 3. The summed E-state index contributed by atoms with van der Waals surface area (Å²) in [5.74, 6) is 1.03. The highest BCUT2D eigenvalue weighted by molar-refractivity contribution is 14.0. The Balaban J connectivity index is 0.00000341. The standard InChI is InChI=1S/C23H29FN4O2.HI/c1-15(19-9-10-22(21(24)12-19)30-14-17-7-8-17)27-23(25-3)26-13-18-5-4-6-20(11-18)28-16(2)29;/h4-6,9-12,15,17H,7-8,13-14H2,1-3H3,(H,28,29)(H2,25,26,27);1H. The number of ether oxygens (including phenoxy) is 1. The zero-order valence-electron chi connectivity index (χ0n) is 18.1. The highest BCUT2D eigenvalue weighted by atomic mass is 127. The van der Waals surface area contributed by atoms with Gasteiger partial charge in [0.25, 0.3) is 0 Å². The minimum Gasteiger partial charge on any atom is -0.490 e. The van der Waals surface area contributed by atoms with Crippen molar-refractivity contribution in [3.05, 3.63) is 59.4 Å². The number of amides is 1. The minimum atomic E-state index is -0.348. The van der Waals surface area contributed by atoms with Gasteiger partial charge < -0.3 is 20.7 Å². The summed E-state index contributed by atoms with van der Waals surface area (Å²) < 4.78 is 19.9. The number of carbonyl (C=O) groups is 1. The SMILES string of the molecule is CN=C(NCc1cccc(NC(C)=O)c1)NC(C)c1ccc(OCC2CC2)c(F)c1.I. The average molecular weight is 540 g/mol. The third-order valence-electron chi connectivity index (χ3n) is 4.91. The molecular weight excluding hydrogens is 510 g/mol. The third kappa shape index (κ3) is 8.01. The lowest BCUT2D eigenvalue weighted by Gasteiger charge is -2.19. The van der Waals surface area contributed by atoms with E-state index in [0.29, 0.717) is 30.8 Å². The number of carbonyl (C=O) groups excluding carboxylic acids is 1. The van der Waals surface area contributed by atoms with E-state index in [9.17, 15) is 9.18 Å². The number of nitrogens with zero attached hydrogens (tertiary/aromatic N) is 1. The molecule has 1 aliphatic carbocycles. The van der Waals surface area contributed by atoms with Crippen molar-refractivity contribution in [3.63, 3.8) is 0 Å². The predicted octanol–water partition coefficient (Wildman–Crippen LogP) is 4.62. The highest BCUT2D eigenvalue weighted by Crippen LogP contribution is 2.30. The van der Waals surface area contributed by atoms with E-state index in [1.807, 2.05) is 37.3 Å². The maximum absolute atomic E-state index is 14.4. The maximum Gasteiger partial charge on any atom is 0.221 e. The number of guanidine groups is 1. The summed E-state index contributed by atoms with van der Waals surface area (Å²) in [5.41, 5.74) is 2.56. The normalized spacial score (nSPS) is 14.3. The first-order valence-corrected chi connectivity index (χ1v) is 10.2. The van der Waals surface area contributed by atoms with Gasteiger partial charge in [0.2, 0.25) is 5.91 Å². The van der Waals surface area contributed by atoms with Gasteiger partial charge in [-0.3, -0.25) is 9.79 Å². The van der Waals surface area contributed by atoms with Crippen molar-refractivity contribution in [1.82, 2.24) is 10.6 Å². The lowest BCUT2D eigenvalue weighted by molar-refractivity contribution is -0.114. The first-order valence-electron chi connectivity index (χ1n) is 10.2. The zero-order chi connectivity index (χ0) is 21.5. The smallest absolute Gasteiger partial charge is 0.221 e. The Morgan fingerprint density at radius 1 is 1.26 bits per heavy atom. The lowest BCUT2D eigenvalue weighted by atomic mass is 10.1. The van der Waals surface area contributed by atoms with Crippen molar-refractivity contribution in [2.24, 2.45) is 10.9 Å². The second kappa shape index (κ2) is 11.9. The molecule has 0 spiro atoms. The molecule has 1 aliphatic rings. The Bertz CT molecular complexity index is 918. The Kier molecular flexibility index (Phi) is 9.54. The van der Waals surface area contributed by atoms with Crippen LogP contribution in [-0.2, 0) is 11.3 Å². The van der Waals surface area contributed by atoms with Gasteiger partial charge in [-0.1, -0.05) is 18.2 Å². The highest BCUT2D eigenvalue weighted by Gasteiger charge is 2.22. The van der Waals surface area contributed by atoms with Crippen LogP contribution in [0.25, 0.3) is 0 Å². The fourth-order valence-corrected chi connectivity index (χ4v) is 3.03. The van der Waals surface area contributed by atoms with E-state index in [1.54, 1.807) is 13.1 Å². The van der Waals surface area contributed by atoms with Crippen LogP contribution in [0.3, 0.4) is 0 Å². The Morgan fingerprint density at radius 2 is 2.03 bits per heavy atom. The van der Waals surface area contributed by atoms with Gasteiger partial charge in [0, 0.05) is 26.2 Å². The topological polar surface area (TPSA) is 74.8 Å². The molecule has 0 bridgehead atoms. The molecule has 0 heterocycles. The van der Waals surface area contributed by atoms with Gasteiger partial charge in [-0.2, -0.15) is 0 Å². The van der Waals surface area contributed by atoms with Crippen LogP contribution in [0.4, 0.5) is 10.1 Å². The van der Waals surface area contributed by atoms with Crippen molar-refractivity contribution in [3.8, 4) is 5.75 Å². The minimum absolute atomic E-state index is 0. The molecule has 6 nitrogen and oxygen atoms in total. The number of anilines is 1. The van der Waals surface area contributed by atoms with Gasteiger partial charge in [0.05, 0.1) is 12.6 Å². The van der Waals surface area contributed by atoms with E-state index in [-0.39, 0.29) is 41.7 Å². The summed E-state index contributed by atoms with van der Waals surface area (Å²) in [4.78, 5) is 15.5. The van der Waals surface area contributed by atoms with Crippen LogP contribution in [0, 0.1) is 11.7 Å². The van der Waals surface area contributed by atoms with Crippen LogP contribution in [-0.4, -0.2) is 25.5 Å². The molecule has 168 valence electrons. The first kappa shape index (κ1) is 24.9. The Hall–Kier alpha value is -2.36. The number of nitrogens with one attached hydrogen (secondary N) is 3. The molecule has 0 saturated heterocycles. The van der Waals surface area contributed by atoms with Crippen LogP contribution >= 0.6 is 24.0 Å². The summed E-state index contributed by atoms with van der Waals surface area (Å²) in [6.45, 7) is 4.54. The fourth-order valence-electron chi connectivity index (χ4n) is 3.03. The van der Waals surface area contributed by atoms with E-state index < -0.39 is 0 Å². The molecule has 3 N–H and O–H groups in total. The summed E-state index contributed by atoms with van der Waals surface area (Å²) in [6, 6.07) is 12.5. The maximum atomic E-state index is 14.4. The molecule has 1 amide bonds. The van der Waals surface area contributed by atoms with Crippen molar-refractivity contribution in [1.29, 1.82) is 0 Å². The van der Waals surface area contributed by atoms with Gasteiger partial charge >= 0.3 is 0 Å². The number of aliphatic imine (C=N–C) groups is 1.